The summed E-state index contributed by atoms with van der Waals surface area (Å²) in [6.45, 7) is 3.91. The van der Waals surface area contributed by atoms with Crippen LogP contribution in [0.5, 0.6) is 0 Å². The van der Waals surface area contributed by atoms with Gasteiger partial charge in [0, 0.05) is 13.0 Å². The molecule has 18 heavy (non-hydrogen) atoms. The summed E-state index contributed by atoms with van der Waals surface area (Å²) < 4.78 is 6.04. The minimum absolute atomic E-state index is 0.0595. The van der Waals surface area contributed by atoms with E-state index < -0.39 is 5.97 Å². The number of anilines is 1. The number of ether oxygens (including phenoxy) is 1. The second kappa shape index (κ2) is 6.18. The molecule has 0 aromatic carbocycles. The molecule has 1 aromatic rings. The number of methoxy groups -OCH3 is 1. The Morgan fingerprint density at radius 3 is 2.56 bits per heavy atom. The standard InChI is InChI=1S/C12H19N3O3/c1-5-8(6-2)11(16)14-9-7-13-15(3)10(9)12(17)18-4/h7-8H,5-6H2,1-4H3,(H,14,16). The fourth-order valence-electron chi connectivity index (χ4n) is 1.76. The zero-order chi connectivity index (χ0) is 13.7. The number of carbonyl (C=O) groups is 2. The Morgan fingerprint density at radius 1 is 1.44 bits per heavy atom. The van der Waals surface area contributed by atoms with E-state index in [1.54, 1.807) is 7.05 Å². The molecule has 0 radical (unpaired) electrons. The van der Waals surface area contributed by atoms with E-state index in [2.05, 4.69) is 15.2 Å². The van der Waals surface area contributed by atoms with Crippen LogP contribution < -0.4 is 5.32 Å². The minimum atomic E-state index is -0.519. The first-order valence-corrected chi connectivity index (χ1v) is 5.96. The van der Waals surface area contributed by atoms with Gasteiger partial charge in [-0.3, -0.25) is 9.48 Å². The minimum Gasteiger partial charge on any atom is -0.464 e. The number of rotatable bonds is 5. The number of aryl methyl sites for hydroxylation is 1. The summed E-state index contributed by atoms with van der Waals surface area (Å²) in [6, 6.07) is 0. The Labute approximate surface area is 106 Å². The van der Waals surface area contributed by atoms with Crippen LogP contribution >= 0.6 is 0 Å². The maximum absolute atomic E-state index is 11.9. The van der Waals surface area contributed by atoms with Crippen molar-refractivity contribution < 1.29 is 14.3 Å². The number of hydrogen-bond donors (Lipinski definition) is 1. The average Bonchev–Trinajstić information content (AvgIpc) is 2.71. The van der Waals surface area contributed by atoms with Gasteiger partial charge in [0.05, 0.1) is 19.0 Å². The highest BCUT2D eigenvalue weighted by atomic mass is 16.5. The number of hydrogen-bond acceptors (Lipinski definition) is 4. The lowest BCUT2D eigenvalue weighted by molar-refractivity contribution is -0.120. The largest absolute Gasteiger partial charge is 0.464 e. The third kappa shape index (κ3) is 2.88. The SMILES string of the molecule is CCC(CC)C(=O)Nc1cnn(C)c1C(=O)OC. The first-order chi connectivity index (χ1) is 8.54. The molecule has 0 saturated heterocycles. The fraction of sp³-hybridized carbons (Fsp3) is 0.583. The van der Waals surface area contributed by atoms with Crippen molar-refractivity contribution in [2.75, 3.05) is 12.4 Å². The molecule has 1 heterocycles. The lowest BCUT2D eigenvalue weighted by Gasteiger charge is -2.12. The molecule has 1 amide bonds. The van der Waals surface area contributed by atoms with Crippen LogP contribution in [-0.2, 0) is 16.6 Å². The zero-order valence-corrected chi connectivity index (χ0v) is 11.2. The van der Waals surface area contributed by atoms with Crippen molar-refractivity contribution in [3.8, 4) is 0 Å². The van der Waals surface area contributed by atoms with Crippen molar-refractivity contribution in [3.05, 3.63) is 11.9 Å². The monoisotopic (exact) mass is 253 g/mol. The molecule has 0 saturated carbocycles. The molecule has 1 rings (SSSR count). The summed E-state index contributed by atoms with van der Waals surface area (Å²) in [5, 5.41) is 6.68. The smallest absolute Gasteiger partial charge is 0.358 e. The summed E-state index contributed by atoms with van der Waals surface area (Å²) in [4.78, 5) is 23.5. The van der Waals surface area contributed by atoms with E-state index in [-0.39, 0.29) is 17.5 Å². The van der Waals surface area contributed by atoms with E-state index in [4.69, 9.17) is 0 Å². The Kier molecular flexibility index (Phi) is 4.88. The van der Waals surface area contributed by atoms with Crippen LogP contribution in [0.25, 0.3) is 0 Å². The summed E-state index contributed by atoms with van der Waals surface area (Å²) in [7, 11) is 2.92. The van der Waals surface area contributed by atoms with Gasteiger partial charge in [0.1, 0.15) is 0 Å². The van der Waals surface area contributed by atoms with Gasteiger partial charge in [-0.15, -0.1) is 0 Å². The molecule has 0 atom stereocenters. The molecule has 0 aliphatic rings. The van der Waals surface area contributed by atoms with Crippen LogP contribution in [-0.4, -0.2) is 28.8 Å². The molecule has 1 aromatic heterocycles. The van der Waals surface area contributed by atoms with Gasteiger partial charge < -0.3 is 10.1 Å². The van der Waals surface area contributed by atoms with Crippen molar-refractivity contribution in [1.82, 2.24) is 9.78 Å². The van der Waals surface area contributed by atoms with Crippen molar-refractivity contribution in [2.24, 2.45) is 13.0 Å². The first kappa shape index (κ1) is 14.2. The third-order valence-corrected chi connectivity index (χ3v) is 2.93. The Hall–Kier alpha value is -1.85. The van der Waals surface area contributed by atoms with Gasteiger partial charge in [-0.25, -0.2) is 4.79 Å². The maximum Gasteiger partial charge on any atom is 0.358 e. The van der Waals surface area contributed by atoms with Crippen LogP contribution in [0.4, 0.5) is 5.69 Å². The molecule has 1 N–H and O–H groups in total. The van der Waals surface area contributed by atoms with Crippen molar-refractivity contribution in [2.45, 2.75) is 26.7 Å². The van der Waals surface area contributed by atoms with Gasteiger partial charge in [-0.05, 0) is 12.8 Å². The molecular weight excluding hydrogens is 234 g/mol. The first-order valence-electron chi connectivity index (χ1n) is 5.96. The molecule has 6 heteroatoms. The average molecular weight is 253 g/mol. The number of nitrogens with zero attached hydrogens (tertiary/aromatic N) is 2. The van der Waals surface area contributed by atoms with Crippen molar-refractivity contribution in [3.63, 3.8) is 0 Å². The molecule has 0 aliphatic heterocycles. The van der Waals surface area contributed by atoms with Gasteiger partial charge >= 0.3 is 5.97 Å². The van der Waals surface area contributed by atoms with Crippen LogP contribution in [0.2, 0.25) is 0 Å². The summed E-state index contributed by atoms with van der Waals surface area (Å²) in [5.41, 5.74) is 0.637. The fourth-order valence-corrected chi connectivity index (χ4v) is 1.76. The molecule has 0 fully saturated rings. The highest BCUT2D eigenvalue weighted by Crippen LogP contribution is 2.18. The van der Waals surface area contributed by atoms with E-state index in [0.29, 0.717) is 5.69 Å². The predicted molar refractivity (Wildman–Crippen MR) is 67.2 cm³/mol. The molecular formula is C12H19N3O3. The third-order valence-electron chi connectivity index (χ3n) is 2.93. The van der Waals surface area contributed by atoms with Crippen LogP contribution in [0.1, 0.15) is 37.2 Å². The number of nitrogens with one attached hydrogen (secondary N) is 1. The van der Waals surface area contributed by atoms with Gasteiger partial charge in [-0.2, -0.15) is 5.10 Å². The van der Waals surface area contributed by atoms with Gasteiger partial charge in [-0.1, -0.05) is 13.8 Å². The number of aromatic nitrogens is 2. The quantitative estimate of drug-likeness (QED) is 0.808. The topological polar surface area (TPSA) is 73.2 Å². The van der Waals surface area contributed by atoms with Gasteiger partial charge in [0.15, 0.2) is 5.69 Å². The molecule has 0 bridgehead atoms. The highest BCUT2D eigenvalue weighted by Gasteiger charge is 2.21. The zero-order valence-electron chi connectivity index (χ0n) is 11.2. The second-order valence-corrected chi connectivity index (χ2v) is 4.02. The van der Waals surface area contributed by atoms with Crippen LogP contribution in [0.3, 0.4) is 0 Å². The maximum atomic E-state index is 11.9. The lowest BCUT2D eigenvalue weighted by atomic mass is 10.0. The van der Waals surface area contributed by atoms with Crippen molar-refractivity contribution in [1.29, 1.82) is 0 Å². The van der Waals surface area contributed by atoms with Crippen LogP contribution in [0, 0.1) is 5.92 Å². The Bertz CT molecular complexity index is 436. The highest BCUT2D eigenvalue weighted by molar-refractivity contribution is 6.00. The molecule has 0 aliphatic carbocycles. The number of esters is 1. The molecule has 6 nitrogen and oxygen atoms in total. The summed E-state index contributed by atoms with van der Waals surface area (Å²) >= 11 is 0. The lowest BCUT2D eigenvalue weighted by Crippen LogP contribution is -2.23. The van der Waals surface area contributed by atoms with E-state index >= 15 is 0 Å². The van der Waals surface area contributed by atoms with Gasteiger partial charge in [0.25, 0.3) is 0 Å². The van der Waals surface area contributed by atoms with Gasteiger partial charge in [0.2, 0.25) is 5.91 Å². The van der Waals surface area contributed by atoms with Crippen molar-refractivity contribution >= 4 is 17.6 Å². The van der Waals surface area contributed by atoms with E-state index in [1.165, 1.54) is 18.0 Å². The van der Waals surface area contributed by atoms with Crippen LogP contribution in [0.15, 0.2) is 6.20 Å². The summed E-state index contributed by atoms with van der Waals surface area (Å²) in [5.74, 6) is -0.677. The van der Waals surface area contributed by atoms with E-state index in [1.807, 2.05) is 13.8 Å². The second-order valence-electron chi connectivity index (χ2n) is 4.02. The number of carbonyl (C=O) groups excluding carboxylic acids is 2. The normalized spacial score (nSPS) is 10.5. The molecule has 0 spiro atoms. The van der Waals surface area contributed by atoms with E-state index in [0.717, 1.165) is 12.8 Å². The predicted octanol–water partition coefficient (Wildman–Crippen LogP) is 1.58. The Morgan fingerprint density at radius 2 is 2.06 bits per heavy atom. The molecule has 0 unspecified atom stereocenters. The van der Waals surface area contributed by atoms with E-state index in [9.17, 15) is 9.59 Å². The molecule has 100 valence electrons. The number of amides is 1. The Balaban J connectivity index is 2.91. The summed E-state index contributed by atoms with van der Waals surface area (Å²) in [6.07, 6.45) is 2.97.